The van der Waals surface area contributed by atoms with E-state index in [9.17, 15) is 4.79 Å². The highest BCUT2D eigenvalue weighted by Crippen LogP contribution is 2.10. The molecule has 4 heteroatoms. The smallest absolute Gasteiger partial charge is 0.237 e. The summed E-state index contributed by atoms with van der Waals surface area (Å²) in [6.45, 7) is 2.46. The minimum absolute atomic E-state index is 0.00968. The van der Waals surface area contributed by atoms with Crippen LogP contribution in [0.15, 0.2) is 0 Å². The monoisotopic (exact) mass is 198 g/mol. The van der Waals surface area contributed by atoms with Crippen molar-refractivity contribution in [2.24, 2.45) is 0 Å². The topological polar surface area (TPSA) is 50.4 Å². The van der Waals surface area contributed by atoms with Crippen LogP contribution in [0.2, 0.25) is 0 Å². The quantitative estimate of drug-likeness (QED) is 0.658. The average Bonchev–Trinajstić information content (AvgIpc) is 2.23. The first-order valence-electron chi connectivity index (χ1n) is 5.48. The van der Waals surface area contributed by atoms with Gasteiger partial charge in [-0.1, -0.05) is 0 Å². The van der Waals surface area contributed by atoms with Gasteiger partial charge in [0.1, 0.15) is 0 Å². The van der Waals surface area contributed by atoms with E-state index in [4.69, 9.17) is 4.74 Å². The predicted octanol–water partition coefficient (Wildman–Crippen LogP) is 0.0336. The fourth-order valence-electron chi connectivity index (χ4n) is 2.09. The molecule has 1 amide bonds. The van der Waals surface area contributed by atoms with Gasteiger partial charge in [-0.2, -0.15) is 0 Å². The van der Waals surface area contributed by atoms with E-state index < -0.39 is 0 Å². The van der Waals surface area contributed by atoms with Crippen LogP contribution in [0.4, 0.5) is 0 Å². The van der Waals surface area contributed by atoms with Crippen LogP contribution in [0.1, 0.15) is 25.7 Å². The van der Waals surface area contributed by atoms with Gasteiger partial charge in [-0.25, -0.2) is 0 Å². The summed E-state index contributed by atoms with van der Waals surface area (Å²) in [6.07, 6.45) is 4.27. The molecule has 4 nitrogen and oxygen atoms in total. The summed E-state index contributed by atoms with van der Waals surface area (Å²) in [5.41, 5.74) is 0. The van der Waals surface area contributed by atoms with Crippen LogP contribution < -0.4 is 10.6 Å². The molecule has 2 aliphatic rings. The molecule has 2 aliphatic heterocycles. The lowest BCUT2D eigenvalue weighted by Gasteiger charge is -2.30. The highest BCUT2D eigenvalue weighted by molar-refractivity contribution is 5.82. The van der Waals surface area contributed by atoms with E-state index in [-0.39, 0.29) is 11.9 Å². The zero-order valence-electron chi connectivity index (χ0n) is 8.42. The van der Waals surface area contributed by atoms with E-state index in [1.54, 1.807) is 0 Å². The van der Waals surface area contributed by atoms with Crippen molar-refractivity contribution in [2.75, 3.05) is 19.8 Å². The Hall–Kier alpha value is -0.610. The molecule has 2 N–H and O–H groups in total. The van der Waals surface area contributed by atoms with Crippen LogP contribution >= 0.6 is 0 Å². The van der Waals surface area contributed by atoms with Gasteiger partial charge in [-0.15, -0.1) is 0 Å². The summed E-state index contributed by atoms with van der Waals surface area (Å²) < 4.78 is 5.36. The Labute approximate surface area is 84.4 Å². The Morgan fingerprint density at radius 1 is 1.36 bits per heavy atom. The Balaban J connectivity index is 1.79. The number of piperidine rings is 1. The summed E-state index contributed by atoms with van der Waals surface area (Å²) in [7, 11) is 0. The summed E-state index contributed by atoms with van der Waals surface area (Å²) in [6, 6.07) is 0.382. The summed E-state index contributed by atoms with van der Waals surface area (Å²) >= 11 is 0. The van der Waals surface area contributed by atoms with Gasteiger partial charge < -0.3 is 15.4 Å². The Bertz CT molecular complexity index is 202. The van der Waals surface area contributed by atoms with Crippen molar-refractivity contribution in [1.29, 1.82) is 0 Å². The number of nitrogens with one attached hydrogen (secondary N) is 2. The maximum Gasteiger partial charge on any atom is 0.237 e. The summed E-state index contributed by atoms with van der Waals surface area (Å²) in [5, 5.41) is 6.25. The molecule has 0 aliphatic carbocycles. The number of hydrogen-bond donors (Lipinski definition) is 2. The largest absolute Gasteiger partial charge is 0.380 e. The Kier molecular flexibility index (Phi) is 3.37. The van der Waals surface area contributed by atoms with Crippen LogP contribution in [0.5, 0.6) is 0 Å². The molecular formula is C10H18N2O2. The van der Waals surface area contributed by atoms with Crippen molar-refractivity contribution in [3.05, 3.63) is 0 Å². The molecule has 2 fully saturated rings. The van der Waals surface area contributed by atoms with Gasteiger partial charge in [0.2, 0.25) is 5.91 Å². The van der Waals surface area contributed by atoms with Crippen molar-refractivity contribution < 1.29 is 9.53 Å². The minimum atomic E-state index is 0.00968. The van der Waals surface area contributed by atoms with Crippen molar-refractivity contribution >= 4 is 5.91 Å². The van der Waals surface area contributed by atoms with E-state index in [0.717, 1.165) is 45.4 Å². The van der Waals surface area contributed by atoms with Crippen LogP contribution in [0, 0.1) is 0 Å². The maximum atomic E-state index is 11.5. The van der Waals surface area contributed by atoms with Gasteiger partial charge in [-0.05, 0) is 25.7 Å². The first-order chi connectivity index (χ1) is 6.86. The third-order valence-corrected chi connectivity index (χ3v) is 2.88. The lowest BCUT2D eigenvalue weighted by Crippen LogP contribution is -2.53. The fourth-order valence-corrected chi connectivity index (χ4v) is 2.09. The lowest BCUT2D eigenvalue weighted by atomic mass is 10.0. The molecule has 14 heavy (non-hydrogen) atoms. The SMILES string of the molecule is O=C1NCCCC1NC1CCCOC1. The van der Waals surface area contributed by atoms with Gasteiger partial charge in [0.05, 0.1) is 12.6 Å². The molecule has 0 bridgehead atoms. The van der Waals surface area contributed by atoms with Crippen molar-refractivity contribution in [1.82, 2.24) is 10.6 Å². The molecule has 0 aromatic rings. The number of ether oxygens (including phenoxy) is 1. The Morgan fingerprint density at radius 3 is 3.00 bits per heavy atom. The average molecular weight is 198 g/mol. The molecule has 0 spiro atoms. The number of carbonyl (C=O) groups is 1. The summed E-state index contributed by atoms with van der Waals surface area (Å²) in [5.74, 6) is 0.154. The Morgan fingerprint density at radius 2 is 2.29 bits per heavy atom. The van der Waals surface area contributed by atoms with Crippen molar-refractivity contribution in [3.63, 3.8) is 0 Å². The molecule has 0 radical (unpaired) electrons. The third-order valence-electron chi connectivity index (χ3n) is 2.88. The zero-order valence-corrected chi connectivity index (χ0v) is 8.42. The number of hydrogen-bond acceptors (Lipinski definition) is 3. The number of amides is 1. The van der Waals surface area contributed by atoms with E-state index >= 15 is 0 Å². The molecule has 2 heterocycles. The maximum absolute atomic E-state index is 11.5. The van der Waals surface area contributed by atoms with E-state index in [1.807, 2.05) is 0 Å². The van der Waals surface area contributed by atoms with Crippen LogP contribution in [-0.4, -0.2) is 37.7 Å². The molecule has 2 atom stereocenters. The van der Waals surface area contributed by atoms with Gasteiger partial charge >= 0.3 is 0 Å². The molecule has 2 saturated heterocycles. The summed E-state index contributed by atoms with van der Waals surface area (Å²) in [4.78, 5) is 11.5. The first kappa shape index (κ1) is 9.93. The zero-order chi connectivity index (χ0) is 9.80. The second kappa shape index (κ2) is 4.75. The molecule has 2 unspecified atom stereocenters. The fraction of sp³-hybridized carbons (Fsp3) is 0.900. The third kappa shape index (κ3) is 2.45. The minimum Gasteiger partial charge on any atom is -0.380 e. The van der Waals surface area contributed by atoms with Crippen molar-refractivity contribution in [3.8, 4) is 0 Å². The van der Waals surface area contributed by atoms with E-state index in [1.165, 1.54) is 0 Å². The molecule has 0 saturated carbocycles. The lowest BCUT2D eigenvalue weighted by molar-refractivity contribution is -0.125. The second-order valence-electron chi connectivity index (χ2n) is 4.07. The molecular weight excluding hydrogens is 180 g/mol. The highest BCUT2D eigenvalue weighted by atomic mass is 16.5. The van der Waals surface area contributed by atoms with Gasteiger partial charge in [0, 0.05) is 19.2 Å². The highest BCUT2D eigenvalue weighted by Gasteiger charge is 2.25. The van der Waals surface area contributed by atoms with Crippen LogP contribution in [0.3, 0.4) is 0 Å². The van der Waals surface area contributed by atoms with Gasteiger partial charge in [0.15, 0.2) is 0 Å². The first-order valence-corrected chi connectivity index (χ1v) is 5.48. The van der Waals surface area contributed by atoms with Gasteiger partial charge in [-0.3, -0.25) is 4.79 Å². The standard InChI is InChI=1S/C10H18N2O2/c13-10-9(4-1-5-11-10)12-8-3-2-6-14-7-8/h8-9,12H,1-7H2,(H,11,13). The predicted molar refractivity (Wildman–Crippen MR) is 53.0 cm³/mol. The molecule has 0 aromatic heterocycles. The van der Waals surface area contributed by atoms with E-state index in [2.05, 4.69) is 10.6 Å². The normalized spacial score (nSPS) is 33.9. The number of carbonyl (C=O) groups excluding carboxylic acids is 1. The van der Waals surface area contributed by atoms with Gasteiger partial charge in [0.25, 0.3) is 0 Å². The van der Waals surface area contributed by atoms with Crippen molar-refractivity contribution in [2.45, 2.75) is 37.8 Å². The van der Waals surface area contributed by atoms with Crippen LogP contribution in [-0.2, 0) is 9.53 Å². The molecule has 80 valence electrons. The number of rotatable bonds is 2. The second-order valence-corrected chi connectivity index (χ2v) is 4.07. The van der Waals surface area contributed by atoms with Crippen LogP contribution in [0.25, 0.3) is 0 Å². The molecule has 0 aromatic carbocycles. The van der Waals surface area contributed by atoms with E-state index in [0.29, 0.717) is 6.04 Å². The molecule has 2 rings (SSSR count).